The van der Waals surface area contributed by atoms with Crippen molar-refractivity contribution in [2.45, 2.75) is 13.0 Å². The molecule has 3 aromatic rings. The highest BCUT2D eigenvalue weighted by molar-refractivity contribution is 6.42. The van der Waals surface area contributed by atoms with Gasteiger partial charge in [-0.05, 0) is 43.3 Å². The third-order valence-corrected chi connectivity index (χ3v) is 5.00. The summed E-state index contributed by atoms with van der Waals surface area (Å²) in [5, 5.41) is 6.40. The first-order valence-corrected chi connectivity index (χ1v) is 10.5. The van der Waals surface area contributed by atoms with E-state index in [9.17, 15) is 9.18 Å². The third kappa shape index (κ3) is 5.98. The highest BCUT2D eigenvalue weighted by atomic mass is 35.5. The molecule has 0 unspecified atom stereocenters. The second-order valence-corrected chi connectivity index (χ2v) is 7.98. The topological polar surface area (TPSA) is 79.4 Å². The number of nitrogens with zero attached hydrogens (tertiary/aromatic N) is 3. The van der Waals surface area contributed by atoms with Crippen molar-refractivity contribution in [3.8, 4) is 0 Å². The predicted octanol–water partition coefficient (Wildman–Crippen LogP) is 6.39. The number of methoxy groups -OCH3 is 1. The van der Waals surface area contributed by atoms with E-state index in [4.69, 9.17) is 39.5 Å². The summed E-state index contributed by atoms with van der Waals surface area (Å²) in [7, 11) is 1.59. The van der Waals surface area contributed by atoms with E-state index in [0.29, 0.717) is 17.3 Å². The highest BCUT2D eigenvalue weighted by Crippen LogP contribution is 2.35. The number of amides is 2. The van der Waals surface area contributed by atoms with Crippen LogP contribution in [0.1, 0.15) is 6.92 Å². The molecular weight excluding hydrogens is 480 g/mol. The van der Waals surface area contributed by atoms with Crippen LogP contribution in [0.25, 0.3) is 0 Å². The van der Waals surface area contributed by atoms with Crippen LogP contribution >= 0.6 is 34.8 Å². The molecule has 0 spiro atoms. The van der Waals surface area contributed by atoms with E-state index >= 15 is 0 Å². The Kier molecular flexibility index (Phi) is 8.09. The number of urea groups is 1. The van der Waals surface area contributed by atoms with Gasteiger partial charge in [-0.3, -0.25) is 0 Å². The van der Waals surface area contributed by atoms with Crippen LogP contribution in [0.4, 0.5) is 32.3 Å². The molecule has 0 aliphatic rings. The van der Waals surface area contributed by atoms with E-state index in [1.165, 1.54) is 47.5 Å². The molecule has 2 N–H and O–H groups in total. The zero-order valence-corrected chi connectivity index (χ0v) is 19.3. The van der Waals surface area contributed by atoms with Gasteiger partial charge in [0, 0.05) is 30.4 Å². The van der Waals surface area contributed by atoms with Crippen molar-refractivity contribution in [3.05, 3.63) is 69.5 Å². The summed E-state index contributed by atoms with van der Waals surface area (Å²) < 4.78 is 18.6. The Hall–Kier alpha value is -2.65. The summed E-state index contributed by atoms with van der Waals surface area (Å²) >= 11 is 18.4. The van der Waals surface area contributed by atoms with Crippen molar-refractivity contribution in [2.24, 2.45) is 0 Å². The number of carbonyl (C=O) groups excluding carboxylic acids is 1. The molecule has 2 aromatic carbocycles. The van der Waals surface area contributed by atoms with Crippen LogP contribution < -0.4 is 15.5 Å². The molecule has 0 bridgehead atoms. The second kappa shape index (κ2) is 10.8. The van der Waals surface area contributed by atoms with Crippen LogP contribution in [0.15, 0.2) is 48.7 Å². The quantitative estimate of drug-likeness (QED) is 0.394. The van der Waals surface area contributed by atoms with E-state index in [1.54, 1.807) is 13.2 Å². The Balaban J connectivity index is 1.98. The molecule has 1 aromatic heterocycles. The van der Waals surface area contributed by atoms with Crippen LogP contribution in [0, 0.1) is 5.82 Å². The molecule has 3 rings (SSSR count). The lowest BCUT2D eigenvalue weighted by atomic mass is 10.2. The number of carbonyl (C=O) groups is 1. The molecule has 11 heteroatoms. The molecule has 0 aliphatic heterocycles. The molecule has 0 aliphatic carbocycles. The molecule has 7 nitrogen and oxygen atoms in total. The fourth-order valence-electron chi connectivity index (χ4n) is 2.82. The van der Waals surface area contributed by atoms with Crippen molar-refractivity contribution in [1.82, 2.24) is 9.97 Å². The summed E-state index contributed by atoms with van der Waals surface area (Å²) in [6, 6.07) is 9.11. The molecule has 2 amide bonds. The fraction of sp³-hybridized carbons (Fsp3) is 0.190. The van der Waals surface area contributed by atoms with Gasteiger partial charge in [0.1, 0.15) is 11.6 Å². The molecular formula is C21H19Cl3FN5O2. The van der Waals surface area contributed by atoms with Crippen molar-refractivity contribution < 1.29 is 13.9 Å². The van der Waals surface area contributed by atoms with E-state index in [1.807, 2.05) is 6.92 Å². The van der Waals surface area contributed by atoms with Crippen LogP contribution in [-0.2, 0) is 4.74 Å². The average molecular weight is 499 g/mol. The maximum Gasteiger partial charge on any atom is 0.332 e. The maximum atomic E-state index is 13.5. The zero-order chi connectivity index (χ0) is 23.3. The van der Waals surface area contributed by atoms with Gasteiger partial charge >= 0.3 is 6.03 Å². The van der Waals surface area contributed by atoms with E-state index in [-0.39, 0.29) is 33.5 Å². The smallest absolute Gasteiger partial charge is 0.332 e. The molecule has 0 fully saturated rings. The number of nitrogens with one attached hydrogen (secondary N) is 2. The van der Waals surface area contributed by atoms with Crippen LogP contribution in [0.5, 0.6) is 0 Å². The Morgan fingerprint density at radius 2 is 1.81 bits per heavy atom. The number of hydrogen-bond acceptors (Lipinski definition) is 5. The van der Waals surface area contributed by atoms with Gasteiger partial charge in [0.05, 0.1) is 28.0 Å². The summed E-state index contributed by atoms with van der Waals surface area (Å²) in [5.41, 5.74) is 0.538. The Labute approximate surface area is 199 Å². The first-order valence-electron chi connectivity index (χ1n) is 9.38. The van der Waals surface area contributed by atoms with Gasteiger partial charge in [0.25, 0.3) is 0 Å². The molecule has 168 valence electrons. The minimum Gasteiger partial charge on any atom is -0.383 e. The molecule has 1 heterocycles. The minimum atomic E-state index is -0.627. The lowest BCUT2D eigenvalue weighted by Crippen LogP contribution is -2.32. The lowest BCUT2D eigenvalue weighted by molar-refractivity contribution is 0.190. The first-order chi connectivity index (χ1) is 15.3. The third-order valence-electron chi connectivity index (χ3n) is 4.19. The van der Waals surface area contributed by atoms with Crippen LogP contribution in [0.2, 0.25) is 15.1 Å². The Bertz CT molecular complexity index is 1080. The number of hydrogen-bond donors (Lipinski definition) is 2. The molecule has 0 saturated carbocycles. The predicted molar refractivity (Wildman–Crippen MR) is 126 cm³/mol. The summed E-state index contributed by atoms with van der Waals surface area (Å²) in [4.78, 5) is 23.1. The number of rotatable bonds is 7. The number of ether oxygens (including phenoxy) is 1. The Morgan fingerprint density at radius 3 is 2.44 bits per heavy atom. The first kappa shape index (κ1) is 24.0. The lowest BCUT2D eigenvalue weighted by Gasteiger charge is -2.23. The number of anilines is 4. The van der Waals surface area contributed by atoms with Crippen molar-refractivity contribution in [1.29, 1.82) is 0 Å². The van der Waals surface area contributed by atoms with Gasteiger partial charge in [0.2, 0.25) is 5.95 Å². The fourth-order valence-corrected chi connectivity index (χ4v) is 3.73. The van der Waals surface area contributed by atoms with E-state index < -0.39 is 11.8 Å². The maximum absolute atomic E-state index is 13.5. The molecule has 0 saturated heterocycles. The minimum absolute atomic E-state index is 0.0740. The largest absolute Gasteiger partial charge is 0.383 e. The van der Waals surface area contributed by atoms with Gasteiger partial charge in [0.15, 0.2) is 0 Å². The van der Waals surface area contributed by atoms with Crippen molar-refractivity contribution in [2.75, 3.05) is 29.3 Å². The van der Waals surface area contributed by atoms with E-state index in [2.05, 4.69) is 20.6 Å². The van der Waals surface area contributed by atoms with Gasteiger partial charge in [-0.2, -0.15) is 4.98 Å². The van der Waals surface area contributed by atoms with Crippen LogP contribution in [0.3, 0.4) is 0 Å². The molecule has 1 atom stereocenters. The summed E-state index contributed by atoms with van der Waals surface area (Å²) in [6.45, 7) is 2.33. The average Bonchev–Trinajstić information content (AvgIpc) is 2.73. The SMILES string of the molecule is COC[C@H](C)Nc1nccc(N(C(=O)Nc2c(Cl)cc(Cl)cc2Cl)c2ccc(F)cc2)n1. The number of benzene rings is 2. The molecule has 32 heavy (non-hydrogen) atoms. The van der Waals surface area contributed by atoms with Gasteiger partial charge in [-0.1, -0.05) is 34.8 Å². The standard InChI is InChI=1S/C21H19Cl3FN5O2/c1-12(11-32-2)27-20-26-8-7-18(28-20)30(15-5-3-14(25)4-6-15)21(31)29-19-16(23)9-13(22)10-17(19)24/h3-10,12H,11H2,1-2H3,(H,29,31)(H,26,27,28)/t12-/m0/s1. The van der Waals surface area contributed by atoms with E-state index in [0.717, 1.165) is 0 Å². The number of aromatic nitrogens is 2. The summed E-state index contributed by atoms with van der Waals surface area (Å²) in [5.74, 6) is 0.0725. The number of halogens is 4. The van der Waals surface area contributed by atoms with Crippen molar-refractivity contribution in [3.63, 3.8) is 0 Å². The normalized spacial score (nSPS) is 11.7. The highest BCUT2D eigenvalue weighted by Gasteiger charge is 2.22. The monoisotopic (exact) mass is 497 g/mol. The Morgan fingerprint density at radius 1 is 1.16 bits per heavy atom. The molecule has 0 radical (unpaired) electrons. The summed E-state index contributed by atoms with van der Waals surface area (Å²) in [6.07, 6.45) is 1.50. The van der Waals surface area contributed by atoms with Gasteiger partial charge in [-0.15, -0.1) is 0 Å². The zero-order valence-electron chi connectivity index (χ0n) is 17.1. The van der Waals surface area contributed by atoms with Gasteiger partial charge < -0.3 is 15.4 Å². The van der Waals surface area contributed by atoms with Crippen LogP contribution in [-0.4, -0.2) is 35.8 Å². The van der Waals surface area contributed by atoms with Gasteiger partial charge in [-0.25, -0.2) is 19.1 Å². The second-order valence-electron chi connectivity index (χ2n) is 6.73. The van der Waals surface area contributed by atoms with Crippen molar-refractivity contribution >= 4 is 64.0 Å².